The zero-order valence-electron chi connectivity index (χ0n) is 19.2. The number of Topliss-reactive ketones (excluding diaryl/α,β-unsaturated/α-hetero) is 1. The smallest absolute Gasteiger partial charge is 0.342 e. The van der Waals surface area contributed by atoms with Crippen molar-refractivity contribution in [2.24, 2.45) is 5.92 Å². The van der Waals surface area contributed by atoms with E-state index in [4.69, 9.17) is 0 Å². The Morgan fingerprint density at radius 2 is 1.71 bits per heavy atom. The molecule has 2 aromatic rings. The zero-order chi connectivity index (χ0) is 25.4. The third-order valence-corrected chi connectivity index (χ3v) is 6.91. The Morgan fingerprint density at radius 1 is 1.06 bits per heavy atom. The highest BCUT2D eigenvalue weighted by Crippen LogP contribution is 2.36. The molecular formula is C26H26F4N2O3. The maximum Gasteiger partial charge on any atom is 0.416 e. The van der Waals surface area contributed by atoms with E-state index in [1.807, 2.05) is 12.1 Å². The zero-order valence-corrected chi connectivity index (χ0v) is 19.2. The van der Waals surface area contributed by atoms with Gasteiger partial charge in [-0.3, -0.25) is 14.4 Å². The minimum absolute atomic E-state index is 0.348. The predicted octanol–water partition coefficient (Wildman–Crippen LogP) is 5.15. The molecule has 0 radical (unpaired) electrons. The summed E-state index contributed by atoms with van der Waals surface area (Å²) in [5.41, 5.74) is -1.74. The standard InChI is InChI=1S/C26H26F4N2O3/c1-25(14-17-7-10-18(27)13-20(17)26(28,29)30)22(33)21(24(35)32-25)23(34)31-19-11-8-16(9-12-19)15-5-3-2-4-6-15/h7-13,15,21H,2-6,14H2,1H3,(H,31,34)(H,32,35). The number of ketones is 1. The summed E-state index contributed by atoms with van der Waals surface area (Å²) in [5, 5.41) is 4.95. The third-order valence-electron chi connectivity index (χ3n) is 6.91. The Balaban J connectivity index is 1.48. The van der Waals surface area contributed by atoms with E-state index in [1.54, 1.807) is 12.1 Å². The van der Waals surface area contributed by atoms with Crippen molar-refractivity contribution in [3.63, 3.8) is 0 Å². The first kappa shape index (κ1) is 24.9. The van der Waals surface area contributed by atoms with Crippen molar-refractivity contribution in [2.75, 3.05) is 5.32 Å². The molecule has 1 aliphatic carbocycles. The van der Waals surface area contributed by atoms with Crippen LogP contribution >= 0.6 is 0 Å². The number of hydrogen-bond donors (Lipinski definition) is 2. The number of halogens is 4. The highest BCUT2D eigenvalue weighted by Gasteiger charge is 2.53. The fourth-order valence-corrected chi connectivity index (χ4v) is 5.05. The van der Waals surface area contributed by atoms with Gasteiger partial charge in [0.15, 0.2) is 11.7 Å². The minimum atomic E-state index is -4.85. The topological polar surface area (TPSA) is 75.3 Å². The maximum absolute atomic E-state index is 13.4. The number of carbonyl (C=O) groups excluding carboxylic acids is 3. The van der Waals surface area contributed by atoms with Crippen LogP contribution in [0.4, 0.5) is 23.2 Å². The average molecular weight is 490 g/mol. The molecule has 2 fully saturated rings. The number of carbonyl (C=O) groups is 3. The second-order valence-corrected chi connectivity index (χ2v) is 9.54. The van der Waals surface area contributed by atoms with Gasteiger partial charge in [-0.05, 0) is 61.1 Å². The van der Waals surface area contributed by atoms with Gasteiger partial charge >= 0.3 is 6.18 Å². The van der Waals surface area contributed by atoms with Gasteiger partial charge in [0.2, 0.25) is 11.8 Å². The fraction of sp³-hybridized carbons (Fsp3) is 0.423. The summed E-state index contributed by atoms with van der Waals surface area (Å²) in [5.74, 6) is -4.87. The van der Waals surface area contributed by atoms with Crippen LogP contribution in [0.3, 0.4) is 0 Å². The monoisotopic (exact) mass is 490 g/mol. The summed E-state index contributed by atoms with van der Waals surface area (Å²) >= 11 is 0. The summed E-state index contributed by atoms with van der Waals surface area (Å²) in [7, 11) is 0. The van der Waals surface area contributed by atoms with Gasteiger partial charge in [-0.1, -0.05) is 37.5 Å². The summed E-state index contributed by atoms with van der Waals surface area (Å²) in [6.45, 7) is 1.27. The Labute approximate surface area is 200 Å². The molecule has 2 unspecified atom stereocenters. The molecular weight excluding hydrogens is 464 g/mol. The van der Waals surface area contributed by atoms with Crippen LogP contribution in [0.2, 0.25) is 0 Å². The van der Waals surface area contributed by atoms with Gasteiger partial charge in [0.05, 0.1) is 5.56 Å². The first-order chi connectivity index (χ1) is 16.5. The van der Waals surface area contributed by atoms with Crippen molar-refractivity contribution in [2.45, 2.75) is 63.1 Å². The highest BCUT2D eigenvalue weighted by atomic mass is 19.4. The predicted molar refractivity (Wildman–Crippen MR) is 121 cm³/mol. The molecule has 4 rings (SSSR count). The van der Waals surface area contributed by atoms with Gasteiger partial charge in [0.25, 0.3) is 0 Å². The summed E-state index contributed by atoms with van der Waals surface area (Å²) in [6, 6.07) is 9.40. The molecule has 0 aromatic heterocycles. The van der Waals surface area contributed by atoms with E-state index >= 15 is 0 Å². The molecule has 2 amide bonds. The molecule has 9 heteroatoms. The molecule has 2 aromatic carbocycles. The summed E-state index contributed by atoms with van der Waals surface area (Å²) in [6.07, 6.45) is 0.453. The normalized spacial score (nSPS) is 23.3. The molecule has 2 aliphatic rings. The van der Waals surface area contributed by atoms with Gasteiger partial charge in [0, 0.05) is 12.1 Å². The van der Waals surface area contributed by atoms with Gasteiger partial charge < -0.3 is 10.6 Å². The lowest BCUT2D eigenvalue weighted by Crippen LogP contribution is -2.46. The van der Waals surface area contributed by atoms with E-state index < -0.39 is 53.0 Å². The minimum Gasteiger partial charge on any atom is -0.342 e. The van der Waals surface area contributed by atoms with Crippen LogP contribution in [0.15, 0.2) is 42.5 Å². The number of benzene rings is 2. The summed E-state index contributed by atoms with van der Waals surface area (Å²) in [4.78, 5) is 38.4. The van der Waals surface area contributed by atoms with Crippen molar-refractivity contribution >= 4 is 23.3 Å². The second-order valence-electron chi connectivity index (χ2n) is 9.54. The first-order valence-corrected chi connectivity index (χ1v) is 11.6. The quantitative estimate of drug-likeness (QED) is 0.450. The van der Waals surface area contributed by atoms with Crippen LogP contribution in [0, 0.1) is 11.7 Å². The molecule has 1 saturated heterocycles. The van der Waals surface area contributed by atoms with E-state index in [0.29, 0.717) is 17.7 Å². The van der Waals surface area contributed by atoms with Crippen LogP contribution in [0.1, 0.15) is 61.6 Å². The molecule has 5 nitrogen and oxygen atoms in total. The molecule has 35 heavy (non-hydrogen) atoms. The molecule has 2 N–H and O–H groups in total. The highest BCUT2D eigenvalue weighted by molar-refractivity contribution is 6.27. The Hall–Kier alpha value is -3.23. The number of alkyl halides is 3. The summed E-state index contributed by atoms with van der Waals surface area (Å²) < 4.78 is 53.6. The largest absolute Gasteiger partial charge is 0.416 e. The molecule has 2 atom stereocenters. The van der Waals surface area contributed by atoms with E-state index in [2.05, 4.69) is 10.6 Å². The van der Waals surface area contributed by atoms with Gasteiger partial charge in [-0.2, -0.15) is 13.2 Å². The number of nitrogens with one attached hydrogen (secondary N) is 2. The van der Waals surface area contributed by atoms with Crippen molar-refractivity contribution in [1.82, 2.24) is 5.32 Å². The van der Waals surface area contributed by atoms with Crippen molar-refractivity contribution < 1.29 is 31.9 Å². The molecule has 1 aliphatic heterocycles. The number of rotatable bonds is 5. The average Bonchev–Trinajstić information content (AvgIpc) is 3.03. The lowest BCUT2D eigenvalue weighted by molar-refractivity contribution is -0.139. The number of anilines is 1. The Bertz CT molecular complexity index is 1140. The van der Waals surface area contributed by atoms with Crippen LogP contribution in [0.5, 0.6) is 0 Å². The number of amides is 2. The van der Waals surface area contributed by atoms with Crippen LogP contribution in [0.25, 0.3) is 0 Å². The van der Waals surface area contributed by atoms with E-state index in [0.717, 1.165) is 25.0 Å². The maximum atomic E-state index is 13.4. The van der Waals surface area contributed by atoms with Crippen LogP contribution in [-0.4, -0.2) is 23.1 Å². The van der Waals surface area contributed by atoms with E-state index in [-0.39, 0.29) is 5.56 Å². The van der Waals surface area contributed by atoms with E-state index in [9.17, 15) is 31.9 Å². The SMILES string of the molecule is CC1(Cc2ccc(F)cc2C(F)(F)F)NC(=O)C(C(=O)Nc2ccc(C3CCCCC3)cc2)C1=O. The second kappa shape index (κ2) is 9.43. The Morgan fingerprint density at radius 3 is 2.34 bits per heavy atom. The molecule has 1 saturated carbocycles. The molecule has 0 bridgehead atoms. The van der Waals surface area contributed by atoms with Gasteiger partial charge in [0.1, 0.15) is 11.4 Å². The van der Waals surface area contributed by atoms with Crippen LogP contribution in [-0.2, 0) is 27.0 Å². The van der Waals surface area contributed by atoms with Crippen molar-refractivity contribution in [1.29, 1.82) is 0 Å². The van der Waals surface area contributed by atoms with Crippen molar-refractivity contribution in [3.05, 3.63) is 65.0 Å². The fourth-order valence-electron chi connectivity index (χ4n) is 5.05. The molecule has 1 heterocycles. The van der Waals surface area contributed by atoms with Crippen molar-refractivity contribution in [3.8, 4) is 0 Å². The Kier molecular flexibility index (Phi) is 6.71. The third kappa shape index (κ3) is 5.23. The van der Waals surface area contributed by atoms with Gasteiger partial charge in [-0.25, -0.2) is 4.39 Å². The van der Waals surface area contributed by atoms with Crippen LogP contribution < -0.4 is 10.6 Å². The number of hydrogen-bond acceptors (Lipinski definition) is 3. The molecule has 186 valence electrons. The lowest BCUT2D eigenvalue weighted by atomic mass is 9.84. The van der Waals surface area contributed by atoms with E-state index in [1.165, 1.54) is 31.7 Å². The molecule has 0 spiro atoms. The van der Waals surface area contributed by atoms with Gasteiger partial charge in [-0.15, -0.1) is 0 Å². The first-order valence-electron chi connectivity index (χ1n) is 11.6. The lowest BCUT2D eigenvalue weighted by Gasteiger charge is -2.24.